The molecule has 0 saturated carbocycles. The minimum absolute atomic E-state index is 0.370. The summed E-state index contributed by atoms with van der Waals surface area (Å²) in [5.41, 5.74) is 0.303. The van der Waals surface area contributed by atoms with Crippen LogP contribution in [0.4, 0.5) is 0 Å². The second kappa shape index (κ2) is 5.47. The van der Waals surface area contributed by atoms with Gasteiger partial charge in [0.25, 0.3) is 0 Å². The average molecular weight is 347 g/mol. The highest BCUT2D eigenvalue weighted by Crippen LogP contribution is 2.51. The molecule has 130 valence electrons. The van der Waals surface area contributed by atoms with Gasteiger partial charge in [0.15, 0.2) is 0 Å². The molecule has 4 nitrogen and oxygen atoms in total. The molecule has 3 aliphatic heterocycles. The van der Waals surface area contributed by atoms with E-state index in [1.165, 1.54) is 12.8 Å². The second-order valence-corrected chi connectivity index (χ2v) is 10.1. The minimum atomic E-state index is -0.760. The van der Waals surface area contributed by atoms with E-state index in [-0.39, 0.29) is 11.2 Å². The van der Waals surface area contributed by atoms with Crippen LogP contribution in [0.2, 0.25) is 0 Å². The lowest BCUT2D eigenvalue weighted by molar-refractivity contribution is 0.00578. The molecule has 0 aliphatic carbocycles. The van der Waals surface area contributed by atoms with Gasteiger partial charge in [0.1, 0.15) is 0 Å². The minimum Gasteiger partial charge on any atom is -0.399 e. The summed E-state index contributed by atoms with van der Waals surface area (Å²) >= 11 is 2.05. The van der Waals surface area contributed by atoms with Crippen LogP contribution in [0.25, 0.3) is 0 Å². The number of aliphatic hydroxyl groups is 1. The Kier molecular flexibility index (Phi) is 3.85. The Labute approximate surface area is 148 Å². The van der Waals surface area contributed by atoms with Gasteiger partial charge in [-0.25, -0.2) is 0 Å². The highest BCUT2D eigenvalue weighted by molar-refractivity contribution is 8.00. The molecule has 1 aromatic heterocycles. The van der Waals surface area contributed by atoms with Gasteiger partial charge in [-0.1, -0.05) is 6.07 Å². The van der Waals surface area contributed by atoms with Crippen molar-refractivity contribution < 1.29 is 14.4 Å². The highest BCUT2D eigenvalue weighted by Gasteiger charge is 2.52. The van der Waals surface area contributed by atoms with Crippen LogP contribution < -0.4 is 5.46 Å². The number of fused-ring (bicyclic) bond motifs is 2. The number of hydrogen-bond acceptors (Lipinski definition) is 5. The van der Waals surface area contributed by atoms with Crippen LogP contribution in [-0.4, -0.2) is 38.9 Å². The fourth-order valence-electron chi connectivity index (χ4n) is 3.97. The van der Waals surface area contributed by atoms with Crippen molar-refractivity contribution in [1.82, 2.24) is 4.98 Å². The summed E-state index contributed by atoms with van der Waals surface area (Å²) in [7, 11) is -0.430. The normalized spacial score (nSPS) is 37.0. The molecule has 3 fully saturated rings. The van der Waals surface area contributed by atoms with E-state index in [1.54, 1.807) is 6.20 Å². The molecule has 2 atom stereocenters. The van der Waals surface area contributed by atoms with Gasteiger partial charge in [-0.15, -0.1) is 0 Å². The molecule has 0 radical (unpaired) electrons. The van der Waals surface area contributed by atoms with Crippen LogP contribution >= 0.6 is 11.8 Å². The molecule has 24 heavy (non-hydrogen) atoms. The largest absolute Gasteiger partial charge is 0.496 e. The van der Waals surface area contributed by atoms with Gasteiger partial charge in [0.05, 0.1) is 16.8 Å². The fourth-order valence-corrected chi connectivity index (χ4v) is 5.81. The SMILES string of the molecule is CC1(C)OB(c2cncc(C3(O)CC4CCC(C3)S4)c2)OC1(C)C. The number of pyridine rings is 1. The van der Waals surface area contributed by atoms with Crippen molar-refractivity contribution in [3.63, 3.8) is 0 Å². The van der Waals surface area contributed by atoms with Crippen LogP contribution in [0, 0.1) is 0 Å². The molecule has 4 heterocycles. The van der Waals surface area contributed by atoms with Crippen molar-refractivity contribution in [1.29, 1.82) is 0 Å². The van der Waals surface area contributed by atoms with E-state index in [0.717, 1.165) is 23.9 Å². The maximum Gasteiger partial charge on any atom is 0.496 e. The molecule has 3 saturated heterocycles. The van der Waals surface area contributed by atoms with Crippen molar-refractivity contribution in [3.05, 3.63) is 24.0 Å². The lowest BCUT2D eigenvalue weighted by Gasteiger charge is -2.36. The summed E-state index contributed by atoms with van der Waals surface area (Å²) in [5, 5.41) is 12.4. The van der Waals surface area contributed by atoms with Gasteiger partial charge >= 0.3 is 7.12 Å². The summed E-state index contributed by atoms with van der Waals surface area (Å²) in [6.45, 7) is 8.20. The smallest absolute Gasteiger partial charge is 0.399 e. The van der Waals surface area contributed by atoms with Gasteiger partial charge in [0, 0.05) is 33.9 Å². The molecule has 2 bridgehead atoms. The van der Waals surface area contributed by atoms with E-state index in [2.05, 4.69) is 4.98 Å². The standard InChI is InChI=1S/C18H26BNO3S/c1-16(2)17(3,4)23-19(22-16)13-7-12(10-20-11-13)18(21)8-14-5-6-15(9-18)24-14/h7,10-11,14-15,21H,5-6,8-9H2,1-4H3. The van der Waals surface area contributed by atoms with E-state index in [9.17, 15) is 5.11 Å². The van der Waals surface area contributed by atoms with Gasteiger partial charge in [-0.3, -0.25) is 4.98 Å². The number of hydrogen-bond donors (Lipinski definition) is 1. The third-order valence-electron chi connectivity index (χ3n) is 6.15. The average Bonchev–Trinajstić information content (AvgIpc) is 2.95. The molecular formula is C18H26BNO3S. The fraction of sp³-hybridized carbons (Fsp3) is 0.722. The Bertz CT molecular complexity index is 623. The third kappa shape index (κ3) is 2.72. The van der Waals surface area contributed by atoms with Crippen molar-refractivity contribution in [3.8, 4) is 0 Å². The molecule has 0 aromatic carbocycles. The maximum absolute atomic E-state index is 11.3. The molecule has 6 heteroatoms. The predicted octanol–water partition coefficient (Wildman–Crippen LogP) is 2.63. The summed E-state index contributed by atoms with van der Waals surface area (Å²) in [6.07, 6.45) is 7.70. The van der Waals surface area contributed by atoms with Crippen molar-refractivity contribution in [2.24, 2.45) is 0 Å². The van der Waals surface area contributed by atoms with Crippen LogP contribution in [0.15, 0.2) is 18.5 Å². The van der Waals surface area contributed by atoms with E-state index in [4.69, 9.17) is 9.31 Å². The first kappa shape index (κ1) is 16.9. The lowest BCUT2D eigenvalue weighted by atomic mass is 9.77. The van der Waals surface area contributed by atoms with E-state index >= 15 is 0 Å². The zero-order valence-electron chi connectivity index (χ0n) is 14.9. The Morgan fingerprint density at radius 2 is 1.67 bits per heavy atom. The first-order valence-electron chi connectivity index (χ1n) is 8.87. The van der Waals surface area contributed by atoms with Crippen molar-refractivity contribution in [2.45, 2.75) is 80.7 Å². The topological polar surface area (TPSA) is 51.6 Å². The maximum atomic E-state index is 11.3. The monoisotopic (exact) mass is 347 g/mol. The van der Waals surface area contributed by atoms with Gasteiger partial charge in [-0.2, -0.15) is 11.8 Å². The van der Waals surface area contributed by atoms with E-state index in [1.807, 2.05) is 51.7 Å². The number of nitrogens with zero attached hydrogens (tertiary/aromatic N) is 1. The van der Waals surface area contributed by atoms with Crippen LogP contribution in [0.5, 0.6) is 0 Å². The molecule has 0 amide bonds. The number of rotatable bonds is 2. The van der Waals surface area contributed by atoms with Crippen molar-refractivity contribution in [2.75, 3.05) is 0 Å². The summed E-state index contributed by atoms with van der Waals surface area (Å²) in [6, 6.07) is 2.03. The molecule has 2 unspecified atom stereocenters. The Morgan fingerprint density at radius 3 is 2.25 bits per heavy atom. The van der Waals surface area contributed by atoms with Crippen molar-refractivity contribution >= 4 is 24.3 Å². The summed E-state index contributed by atoms with van der Waals surface area (Å²) < 4.78 is 12.3. The molecule has 3 aliphatic rings. The number of thioether (sulfide) groups is 1. The van der Waals surface area contributed by atoms with Gasteiger partial charge < -0.3 is 14.4 Å². The van der Waals surface area contributed by atoms with Gasteiger partial charge in [0.2, 0.25) is 0 Å². The lowest BCUT2D eigenvalue weighted by Crippen LogP contribution is -2.41. The zero-order chi connectivity index (χ0) is 17.2. The second-order valence-electron chi connectivity index (χ2n) is 8.49. The molecular weight excluding hydrogens is 321 g/mol. The molecule has 0 spiro atoms. The summed E-state index contributed by atoms with van der Waals surface area (Å²) in [4.78, 5) is 4.39. The van der Waals surface area contributed by atoms with Gasteiger partial charge in [-0.05, 0) is 53.4 Å². The zero-order valence-corrected chi connectivity index (χ0v) is 15.7. The highest BCUT2D eigenvalue weighted by atomic mass is 32.2. The quantitative estimate of drug-likeness (QED) is 0.834. The Hall–Kier alpha value is -0.555. The number of aromatic nitrogens is 1. The van der Waals surface area contributed by atoms with Crippen LogP contribution in [0.3, 0.4) is 0 Å². The van der Waals surface area contributed by atoms with E-state index < -0.39 is 12.7 Å². The third-order valence-corrected chi connectivity index (χ3v) is 7.72. The van der Waals surface area contributed by atoms with Crippen LogP contribution in [0.1, 0.15) is 58.9 Å². The molecule has 4 rings (SSSR count). The Morgan fingerprint density at radius 1 is 1.08 bits per heavy atom. The predicted molar refractivity (Wildman–Crippen MR) is 97.5 cm³/mol. The Balaban J connectivity index is 1.61. The first-order chi connectivity index (χ1) is 11.2. The first-order valence-corrected chi connectivity index (χ1v) is 9.82. The molecule has 1 aromatic rings. The molecule has 1 N–H and O–H groups in total. The van der Waals surface area contributed by atoms with E-state index in [0.29, 0.717) is 10.5 Å². The summed E-state index contributed by atoms with van der Waals surface area (Å²) in [5.74, 6) is 0. The van der Waals surface area contributed by atoms with Crippen LogP contribution in [-0.2, 0) is 14.9 Å².